The van der Waals surface area contributed by atoms with Crippen molar-refractivity contribution in [3.05, 3.63) is 81.7 Å². The minimum atomic E-state index is -5.08. The maximum atomic E-state index is 12.8. The van der Waals surface area contributed by atoms with Gasteiger partial charge in [-0.25, -0.2) is 4.79 Å². The second-order valence-electron chi connectivity index (χ2n) is 10.4. The first-order valence-electron chi connectivity index (χ1n) is 12.5. The first kappa shape index (κ1) is 30.7. The van der Waals surface area contributed by atoms with Gasteiger partial charge in [0.15, 0.2) is 0 Å². The number of rotatable bonds is 5. The van der Waals surface area contributed by atoms with Gasteiger partial charge in [-0.15, -0.1) is 11.3 Å². The van der Waals surface area contributed by atoms with Crippen LogP contribution in [0.3, 0.4) is 0 Å². The molecule has 2 heterocycles. The van der Waals surface area contributed by atoms with Gasteiger partial charge in [-0.1, -0.05) is 68.8 Å². The van der Waals surface area contributed by atoms with E-state index in [9.17, 15) is 18.0 Å². The number of nitrogens with zero attached hydrogens (tertiary/aromatic N) is 1. The molecule has 1 aliphatic heterocycles. The lowest BCUT2D eigenvalue weighted by molar-refractivity contribution is -0.192. The number of carbonyl (C=O) groups excluding carboxylic acids is 1. The van der Waals surface area contributed by atoms with Gasteiger partial charge in [0, 0.05) is 35.6 Å². The van der Waals surface area contributed by atoms with E-state index in [0.29, 0.717) is 5.02 Å². The van der Waals surface area contributed by atoms with E-state index in [1.165, 1.54) is 22.5 Å². The van der Waals surface area contributed by atoms with E-state index >= 15 is 0 Å². The number of likely N-dealkylation sites (tertiary alicyclic amines) is 1. The van der Waals surface area contributed by atoms with E-state index in [1.54, 1.807) is 0 Å². The van der Waals surface area contributed by atoms with E-state index < -0.39 is 12.1 Å². The molecule has 0 saturated carbocycles. The molecule has 0 radical (unpaired) electrons. The van der Waals surface area contributed by atoms with Crippen molar-refractivity contribution in [1.82, 2.24) is 10.2 Å². The lowest BCUT2D eigenvalue weighted by Crippen LogP contribution is -2.44. The van der Waals surface area contributed by atoms with Gasteiger partial charge in [-0.2, -0.15) is 13.2 Å². The van der Waals surface area contributed by atoms with Crippen molar-refractivity contribution >= 4 is 34.8 Å². The van der Waals surface area contributed by atoms with Crippen LogP contribution in [0.2, 0.25) is 5.02 Å². The highest BCUT2D eigenvalue weighted by Crippen LogP contribution is 2.30. The summed E-state index contributed by atoms with van der Waals surface area (Å²) in [7, 11) is 0. The number of carboxylic acid groups (broad SMARTS) is 1. The van der Waals surface area contributed by atoms with Crippen LogP contribution in [0.4, 0.5) is 13.2 Å². The molecular formula is C29H32ClF3N2O3S. The summed E-state index contributed by atoms with van der Waals surface area (Å²) >= 11 is 7.62. The third kappa shape index (κ3) is 9.37. The fourth-order valence-corrected chi connectivity index (χ4v) is 5.21. The van der Waals surface area contributed by atoms with Gasteiger partial charge in [0.2, 0.25) is 0 Å². The highest BCUT2D eigenvalue weighted by Gasteiger charge is 2.38. The minimum Gasteiger partial charge on any atom is -0.475 e. The van der Waals surface area contributed by atoms with Gasteiger partial charge in [0.1, 0.15) is 0 Å². The molecule has 10 heteroatoms. The number of piperidine rings is 1. The average Bonchev–Trinajstić information content (AvgIpc) is 3.36. The summed E-state index contributed by atoms with van der Waals surface area (Å²) in [5, 5.41) is 11.1. The number of nitrogens with one attached hydrogen (secondary N) is 1. The monoisotopic (exact) mass is 580 g/mol. The van der Waals surface area contributed by atoms with Crippen LogP contribution in [-0.2, 0) is 16.8 Å². The number of alkyl halides is 3. The Hall–Kier alpha value is -2.88. The number of hydrogen-bond acceptors (Lipinski definition) is 4. The number of thiophene rings is 1. The van der Waals surface area contributed by atoms with Crippen LogP contribution in [0.5, 0.6) is 0 Å². The first-order valence-corrected chi connectivity index (χ1v) is 13.7. The summed E-state index contributed by atoms with van der Waals surface area (Å²) in [5.74, 6) is -2.73. The molecule has 39 heavy (non-hydrogen) atoms. The summed E-state index contributed by atoms with van der Waals surface area (Å²) in [4.78, 5) is 26.0. The molecule has 1 amide bonds. The van der Waals surface area contributed by atoms with Crippen molar-refractivity contribution in [1.29, 1.82) is 0 Å². The summed E-state index contributed by atoms with van der Waals surface area (Å²) in [6.45, 7) is 9.72. The molecule has 1 aromatic heterocycles. The van der Waals surface area contributed by atoms with E-state index in [-0.39, 0.29) is 17.4 Å². The van der Waals surface area contributed by atoms with E-state index in [0.717, 1.165) is 47.8 Å². The molecule has 0 bridgehead atoms. The van der Waals surface area contributed by atoms with Gasteiger partial charge in [-0.05, 0) is 59.2 Å². The average molecular weight is 581 g/mol. The Kier molecular flexibility index (Phi) is 10.2. The number of aliphatic carboxylic acids is 1. The van der Waals surface area contributed by atoms with Crippen LogP contribution in [0.25, 0.3) is 10.4 Å². The molecule has 210 valence electrons. The van der Waals surface area contributed by atoms with Crippen molar-refractivity contribution < 1.29 is 27.9 Å². The Labute approximate surface area is 235 Å². The molecule has 1 fully saturated rings. The zero-order valence-electron chi connectivity index (χ0n) is 22.0. The number of amides is 1. The summed E-state index contributed by atoms with van der Waals surface area (Å²) in [6.07, 6.45) is -3.11. The third-order valence-corrected chi connectivity index (χ3v) is 7.70. The molecule has 0 atom stereocenters. The molecule has 1 aliphatic rings. The van der Waals surface area contributed by atoms with Gasteiger partial charge >= 0.3 is 12.1 Å². The van der Waals surface area contributed by atoms with Crippen molar-refractivity contribution in [2.24, 2.45) is 0 Å². The van der Waals surface area contributed by atoms with E-state index in [4.69, 9.17) is 21.5 Å². The highest BCUT2D eigenvalue weighted by atomic mass is 35.5. The van der Waals surface area contributed by atoms with Crippen LogP contribution >= 0.6 is 22.9 Å². The van der Waals surface area contributed by atoms with Crippen LogP contribution in [0, 0.1) is 0 Å². The quantitative estimate of drug-likeness (QED) is 0.330. The van der Waals surface area contributed by atoms with Crippen molar-refractivity contribution in [3.63, 3.8) is 0 Å². The van der Waals surface area contributed by atoms with Gasteiger partial charge in [-0.3, -0.25) is 9.69 Å². The standard InChI is InChI=1S/C27H31ClN2OS.C2HF3O2/c1-27(2,3)21-9-7-19(8-10-21)18-30-15-13-23(14-16-30)29-26(31)25-12-11-24(32-25)20-5-4-6-22(28)17-20;3-2(4,5)1(6)7/h4-12,17,23H,13-16,18H2,1-3H3,(H,29,31);(H,6,7). The van der Waals surface area contributed by atoms with Crippen molar-refractivity contribution in [2.45, 2.75) is 57.8 Å². The Morgan fingerprint density at radius 2 is 1.64 bits per heavy atom. The zero-order chi connectivity index (χ0) is 28.8. The van der Waals surface area contributed by atoms with Gasteiger partial charge < -0.3 is 10.4 Å². The molecule has 0 unspecified atom stereocenters. The molecule has 0 spiro atoms. The maximum absolute atomic E-state index is 12.8. The number of carbonyl (C=O) groups is 2. The Morgan fingerprint density at radius 3 is 2.18 bits per heavy atom. The summed E-state index contributed by atoms with van der Waals surface area (Å²) < 4.78 is 31.7. The smallest absolute Gasteiger partial charge is 0.475 e. The van der Waals surface area contributed by atoms with Crippen molar-refractivity contribution in [2.75, 3.05) is 13.1 Å². The molecule has 5 nitrogen and oxygen atoms in total. The number of benzene rings is 2. The number of hydrogen-bond donors (Lipinski definition) is 2. The van der Waals surface area contributed by atoms with E-state index in [1.807, 2.05) is 36.4 Å². The lowest BCUT2D eigenvalue weighted by Gasteiger charge is -2.32. The minimum absolute atomic E-state index is 0.0273. The summed E-state index contributed by atoms with van der Waals surface area (Å²) in [6, 6.07) is 20.9. The molecule has 2 aromatic carbocycles. The molecule has 4 rings (SSSR count). The Bertz CT molecular complexity index is 1260. The second kappa shape index (κ2) is 13.0. The van der Waals surface area contributed by atoms with Gasteiger partial charge in [0.05, 0.1) is 4.88 Å². The Morgan fingerprint density at radius 1 is 1.03 bits per heavy atom. The van der Waals surface area contributed by atoms with Crippen LogP contribution < -0.4 is 5.32 Å². The fourth-order valence-electron chi connectivity index (χ4n) is 4.12. The molecule has 2 N–H and O–H groups in total. The van der Waals surface area contributed by atoms with E-state index in [2.05, 4.69) is 55.3 Å². The van der Waals surface area contributed by atoms with Crippen LogP contribution in [-0.4, -0.2) is 47.2 Å². The maximum Gasteiger partial charge on any atom is 0.490 e. The molecule has 1 saturated heterocycles. The topological polar surface area (TPSA) is 69.6 Å². The third-order valence-electron chi connectivity index (χ3n) is 6.33. The van der Waals surface area contributed by atoms with Gasteiger partial charge in [0.25, 0.3) is 5.91 Å². The zero-order valence-corrected chi connectivity index (χ0v) is 23.6. The molecular weight excluding hydrogens is 549 g/mol. The fraction of sp³-hybridized carbons (Fsp3) is 0.379. The van der Waals surface area contributed by atoms with Crippen LogP contribution in [0.1, 0.15) is 54.4 Å². The van der Waals surface area contributed by atoms with Crippen molar-refractivity contribution in [3.8, 4) is 10.4 Å². The summed E-state index contributed by atoms with van der Waals surface area (Å²) in [5.41, 5.74) is 3.96. The molecule has 3 aromatic rings. The lowest BCUT2D eigenvalue weighted by atomic mass is 9.86. The SMILES string of the molecule is CC(C)(C)c1ccc(CN2CCC(NC(=O)c3ccc(-c4cccc(Cl)c4)s3)CC2)cc1.O=C(O)C(F)(F)F. The largest absolute Gasteiger partial charge is 0.490 e. The predicted molar refractivity (Wildman–Crippen MR) is 149 cm³/mol. The highest BCUT2D eigenvalue weighted by molar-refractivity contribution is 7.17. The Balaban J connectivity index is 0.000000532. The normalized spacial score (nSPS) is 14.8. The second-order valence-corrected chi connectivity index (χ2v) is 12.0. The number of halogens is 4. The number of carboxylic acids is 1. The molecule has 0 aliphatic carbocycles. The predicted octanol–water partition coefficient (Wildman–Crippen LogP) is 7.39. The van der Waals surface area contributed by atoms with Crippen LogP contribution in [0.15, 0.2) is 60.7 Å². The first-order chi connectivity index (χ1) is 18.2.